The molecule has 0 aliphatic carbocycles. The van der Waals surface area contributed by atoms with Crippen LogP contribution in [-0.2, 0) is 4.79 Å². The first-order chi connectivity index (χ1) is 9.54. The molecule has 0 aliphatic heterocycles. The summed E-state index contributed by atoms with van der Waals surface area (Å²) in [5.74, 6) is 1.14. The van der Waals surface area contributed by atoms with E-state index in [9.17, 15) is 4.79 Å². The van der Waals surface area contributed by atoms with Gasteiger partial charge in [0.05, 0.1) is 0 Å². The van der Waals surface area contributed by atoms with Gasteiger partial charge in [-0.15, -0.1) is 11.6 Å². The number of nitrogens with one attached hydrogen (secondary N) is 1. The Labute approximate surface area is 122 Å². The van der Waals surface area contributed by atoms with Crippen LogP contribution >= 0.6 is 11.6 Å². The number of rotatable bonds is 4. The van der Waals surface area contributed by atoms with Gasteiger partial charge in [-0.2, -0.15) is 0 Å². The normalized spacial score (nSPS) is 11.7. The fourth-order valence-electron chi connectivity index (χ4n) is 1.52. The number of anilines is 2. The summed E-state index contributed by atoms with van der Waals surface area (Å²) in [5, 5.41) is 2.13. The Bertz CT molecular complexity index is 580. The second-order valence-corrected chi connectivity index (χ2v) is 4.96. The third kappa shape index (κ3) is 3.90. The Morgan fingerprint density at radius 2 is 1.60 bits per heavy atom. The van der Waals surface area contributed by atoms with E-state index in [2.05, 4.69) is 5.32 Å². The number of alkyl halides is 1. The van der Waals surface area contributed by atoms with Crippen LogP contribution in [0.1, 0.15) is 6.92 Å². The average Bonchev–Trinajstić information content (AvgIpc) is 2.43. The lowest BCUT2D eigenvalue weighted by molar-refractivity contribution is -0.115. The van der Waals surface area contributed by atoms with Gasteiger partial charge in [-0.3, -0.25) is 4.79 Å². The van der Waals surface area contributed by atoms with Crippen molar-refractivity contribution in [3.63, 3.8) is 0 Å². The molecular weight excluding hydrogens is 276 g/mol. The number of carbonyl (C=O) groups excluding carboxylic acids is 1. The summed E-state index contributed by atoms with van der Waals surface area (Å²) in [6, 6.07) is 14.2. The summed E-state index contributed by atoms with van der Waals surface area (Å²) in [6.07, 6.45) is 0. The number of nitrogens with two attached hydrogens (primary N) is 1. The lowest BCUT2D eigenvalue weighted by Gasteiger charge is -2.09. The van der Waals surface area contributed by atoms with Gasteiger partial charge in [0.15, 0.2) is 0 Å². The molecule has 20 heavy (non-hydrogen) atoms. The van der Waals surface area contributed by atoms with E-state index < -0.39 is 5.38 Å². The van der Waals surface area contributed by atoms with E-state index in [0.717, 1.165) is 0 Å². The first-order valence-corrected chi connectivity index (χ1v) is 6.56. The number of nitrogen functional groups attached to an aromatic ring is 1. The van der Waals surface area contributed by atoms with Gasteiger partial charge >= 0.3 is 0 Å². The van der Waals surface area contributed by atoms with Crippen molar-refractivity contribution in [3.8, 4) is 11.5 Å². The average molecular weight is 291 g/mol. The first kappa shape index (κ1) is 14.2. The van der Waals surface area contributed by atoms with Crippen LogP contribution in [0.15, 0.2) is 48.5 Å². The lowest BCUT2D eigenvalue weighted by atomic mass is 10.3. The molecule has 104 valence electrons. The van der Waals surface area contributed by atoms with Crippen molar-refractivity contribution in [3.05, 3.63) is 48.5 Å². The maximum Gasteiger partial charge on any atom is 0.242 e. The minimum absolute atomic E-state index is 0.237. The number of carbonyl (C=O) groups is 1. The Hall–Kier alpha value is -2.20. The van der Waals surface area contributed by atoms with Crippen molar-refractivity contribution < 1.29 is 9.53 Å². The van der Waals surface area contributed by atoms with Gasteiger partial charge in [-0.05, 0) is 55.5 Å². The topological polar surface area (TPSA) is 64.3 Å². The molecule has 0 fully saturated rings. The van der Waals surface area contributed by atoms with E-state index in [4.69, 9.17) is 22.1 Å². The summed E-state index contributed by atoms with van der Waals surface area (Å²) >= 11 is 5.68. The second kappa shape index (κ2) is 6.30. The molecule has 0 aromatic heterocycles. The van der Waals surface area contributed by atoms with Crippen LogP contribution in [0, 0.1) is 0 Å². The Balaban J connectivity index is 2.01. The maximum absolute atomic E-state index is 11.4. The third-order valence-electron chi connectivity index (χ3n) is 2.60. The van der Waals surface area contributed by atoms with Gasteiger partial charge in [0.2, 0.25) is 5.91 Å². The van der Waals surface area contributed by atoms with E-state index >= 15 is 0 Å². The van der Waals surface area contributed by atoms with Crippen LogP contribution in [-0.4, -0.2) is 11.3 Å². The zero-order chi connectivity index (χ0) is 14.5. The molecule has 4 nitrogen and oxygen atoms in total. The maximum atomic E-state index is 11.4. The largest absolute Gasteiger partial charge is 0.457 e. The van der Waals surface area contributed by atoms with E-state index in [1.807, 2.05) is 0 Å². The fourth-order valence-corrected chi connectivity index (χ4v) is 1.57. The number of hydrogen-bond donors (Lipinski definition) is 2. The summed E-state index contributed by atoms with van der Waals surface area (Å²) < 4.78 is 5.65. The van der Waals surface area contributed by atoms with Crippen molar-refractivity contribution >= 4 is 28.9 Å². The van der Waals surface area contributed by atoms with Crippen LogP contribution in [0.5, 0.6) is 11.5 Å². The zero-order valence-corrected chi connectivity index (χ0v) is 11.7. The molecule has 1 atom stereocenters. The molecule has 3 N–H and O–H groups in total. The highest BCUT2D eigenvalue weighted by molar-refractivity contribution is 6.32. The molecule has 0 heterocycles. The number of ether oxygens (including phenoxy) is 1. The number of hydrogen-bond acceptors (Lipinski definition) is 3. The van der Waals surface area contributed by atoms with Crippen LogP contribution < -0.4 is 15.8 Å². The highest BCUT2D eigenvalue weighted by atomic mass is 35.5. The Morgan fingerprint density at radius 3 is 2.10 bits per heavy atom. The van der Waals surface area contributed by atoms with Gasteiger partial charge < -0.3 is 15.8 Å². The highest BCUT2D eigenvalue weighted by Crippen LogP contribution is 2.23. The smallest absolute Gasteiger partial charge is 0.242 e. The van der Waals surface area contributed by atoms with Crippen LogP contribution in [0.25, 0.3) is 0 Å². The summed E-state index contributed by atoms with van der Waals surface area (Å²) in [7, 11) is 0. The van der Waals surface area contributed by atoms with E-state index in [1.165, 1.54) is 0 Å². The number of amides is 1. The van der Waals surface area contributed by atoms with Crippen molar-refractivity contribution in [2.45, 2.75) is 12.3 Å². The molecule has 0 aliphatic rings. The molecule has 0 saturated carbocycles. The van der Waals surface area contributed by atoms with Crippen LogP contribution in [0.4, 0.5) is 11.4 Å². The van der Waals surface area contributed by atoms with Gasteiger partial charge in [0, 0.05) is 11.4 Å². The second-order valence-electron chi connectivity index (χ2n) is 4.30. The molecule has 0 saturated heterocycles. The fraction of sp³-hybridized carbons (Fsp3) is 0.133. The molecule has 0 bridgehead atoms. The molecular formula is C15H15ClN2O2. The molecule has 5 heteroatoms. The lowest BCUT2D eigenvalue weighted by Crippen LogP contribution is -2.20. The minimum Gasteiger partial charge on any atom is -0.457 e. The Kier molecular flexibility index (Phi) is 4.48. The summed E-state index contributed by atoms with van der Waals surface area (Å²) in [4.78, 5) is 11.4. The molecule has 2 rings (SSSR count). The number of halogens is 1. The number of benzene rings is 2. The summed E-state index contributed by atoms with van der Waals surface area (Å²) in [6.45, 7) is 1.62. The van der Waals surface area contributed by atoms with Crippen molar-refractivity contribution in [2.24, 2.45) is 0 Å². The minimum atomic E-state index is -0.569. The predicted molar refractivity (Wildman–Crippen MR) is 81.3 cm³/mol. The standard InChI is InChI=1S/C15H15ClN2O2/c1-10(16)15(19)18-12-4-8-14(9-5-12)20-13-6-2-11(17)3-7-13/h2-10H,17H2,1H3,(H,18,19). The van der Waals surface area contributed by atoms with Gasteiger partial charge in [-0.1, -0.05) is 0 Å². The van der Waals surface area contributed by atoms with Crippen molar-refractivity contribution in [1.82, 2.24) is 0 Å². The van der Waals surface area contributed by atoms with Gasteiger partial charge in [0.25, 0.3) is 0 Å². The summed E-state index contributed by atoms with van der Waals surface area (Å²) in [5.41, 5.74) is 6.96. The van der Waals surface area contributed by atoms with Crippen LogP contribution in [0.2, 0.25) is 0 Å². The van der Waals surface area contributed by atoms with E-state index in [0.29, 0.717) is 22.9 Å². The van der Waals surface area contributed by atoms with Gasteiger partial charge in [-0.25, -0.2) is 0 Å². The van der Waals surface area contributed by atoms with Crippen molar-refractivity contribution in [2.75, 3.05) is 11.1 Å². The molecule has 2 aromatic carbocycles. The zero-order valence-electron chi connectivity index (χ0n) is 11.0. The van der Waals surface area contributed by atoms with Crippen molar-refractivity contribution in [1.29, 1.82) is 0 Å². The molecule has 2 aromatic rings. The van der Waals surface area contributed by atoms with Gasteiger partial charge in [0.1, 0.15) is 16.9 Å². The van der Waals surface area contributed by atoms with E-state index in [-0.39, 0.29) is 5.91 Å². The molecule has 0 spiro atoms. The highest BCUT2D eigenvalue weighted by Gasteiger charge is 2.08. The molecule has 1 unspecified atom stereocenters. The quantitative estimate of drug-likeness (QED) is 0.667. The molecule has 1 amide bonds. The monoisotopic (exact) mass is 290 g/mol. The molecule has 0 radical (unpaired) electrons. The van der Waals surface area contributed by atoms with Crippen LogP contribution in [0.3, 0.4) is 0 Å². The van der Waals surface area contributed by atoms with E-state index in [1.54, 1.807) is 55.5 Å². The third-order valence-corrected chi connectivity index (χ3v) is 2.80. The predicted octanol–water partition coefficient (Wildman–Crippen LogP) is 3.63. The Morgan fingerprint density at radius 1 is 1.10 bits per heavy atom. The first-order valence-electron chi connectivity index (χ1n) is 6.13. The SMILES string of the molecule is CC(Cl)C(=O)Nc1ccc(Oc2ccc(N)cc2)cc1.